The number of halogens is 3. The fourth-order valence-corrected chi connectivity index (χ4v) is 3.09. The summed E-state index contributed by atoms with van der Waals surface area (Å²) in [6.45, 7) is 3.47. The van der Waals surface area contributed by atoms with Crippen LogP contribution in [-0.4, -0.2) is 24.6 Å². The van der Waals surface area contributed by atoms with E-state index in [-0.39, 0.29) is 28.7 Å². The van der Waals surface area contributed by atoms with Crippen molar-refractivity contribution < 1.29 is 32.2 Å². The Bertz CT molecular complexity index is 663. The second-order valence-corrected chi connectivity index (χ2v) is 6.80. The van der Waals surface area contributed by atoms with Crippen molar-refractivity contribution in [3.63, 3.8) is 0 Å². The van der Waals surface area contributed by atoms with Gasteiger partial charge in [0, 0.05) is 10.5 Å². The van der Waals surface area contributed by atoms with Gasteiger partial charge >= 0.3 is 17.4 Å². The Morgan fingerprint density at radius 1 is 1.24 bits per heavy atom. The van der Waals surface area contributed by atoms with Crippen LogP contribution in [0.3, 0.4) is 0 Å². The Kier molecular flexibility index (Phi) is 5.82. The first-order valence-electron chi connectivity index (χ1n) is 7.49. The summed E-state index contributed by atoms with van der Waals surface area (Å²) in [5.41, 5.74) is -4.58. The summed E-state index contributed by atoms with van der Waals surface area (Å²) >= 11 is -0.197. The first-order valence-corrected chi connectivity index (χ1v) is 8.31. The van der Waals surface area contributed by atoms with Gasteiger partial charge in [0.1, 0.15) is 5.60 Å². The van der Waals surface area contributed by atoms with E-state index in [1.54, 1.807) is 0 Å². The Morgan fingerprint density at radius 2 is 1.84 bits per heavy atom. The molecular weight excluding hydrogens is 357 g/mol. The molecule has 0 unspecified atom stereocenters. The second kappa shape index (κ2) is 7.51. The molecule has 0 radical (unpaired) electrons. The van der Waals surface area contributed by atoms with E-state index in [0.717, 1.165) is 6.42 Å². The maximum atomic E-state index is 12.4. The number of esters is 2. The van der Waals surface area contributed by atoms with Crippen molar-refractivity contribution in [2.75, 3.05) is 7.11 Å². The molecule has 1 aliphatic rings. The van der Waals surface area contributed by atoms with Crippen LogP contribution in [0.15, 0.2) is 41.3 Å². The first kappa shape index (κ1) is 19.4. The third-order valence-corrected chi connectivity index (χ3v) is 4.66. The average Bonchev–Trinajstić information content (AvgIpc) is 2.49. The monoisotopic (exact) mass is 374 g/mol. The van der Waals surface area contributed by atoms with Crippen molar-refractivity contribution in [2.45, 2.75) is 41.7 Å². The number of ether oxygens (including phenoxy) is 2. The van der Waals surface area contributed by atoms with Crippen LogP contribution in [0, 0.1) is 0 Å². The SMILES string of the molecule is C=C(CC(=O)OC1(c2ccc(SC(F)(F)F)cc2)CCC1)C(=O)OC. The molecule has 1 aromatic rings. The molecule has 0 aliphatic heterocycles. The van der Waals surface area contributed by atoms with Crippen LogP contribution in [0.5, 0.6) is 0 Å². The third-order valence-electron chi connectivity index (χ3n) is 3.92. The summed E-state index contributed by atoms with van der Waals surface area (Å²) in [7, 11) is 1.19. The van der Waals surface area contributed by atoms with Crippen molar-refractivity contribution in [1.29, 1.82) is 0 Å². The largest absolute Gasteiger partial charge is 0.466 e. The molecule has 0 heterocycles. The number of thioether (sulfide) groups is 1. The molecule has 2 rings (SSSR count). The standard InChI is InChI=1S/C17H17F3O4S/c1-11(15(22)23-2)10-14(21)24-16(8-3-9-16)12-4-6-13(7-5-12)25-17(18,19)20/h4-7H,1,3,8-10H2,2H3. The lowest BCUT2D eigenvalue weighted by atomic mass is 9.75. The Hall–Kier alpha value is -1.96. The lowest BCUT2D eigenvalue weighted by Gasteiger charge is -2.41. The summed E-state index contributed by atoms with van der Waals surface area (Å²) in [4.78, 5) is 23.4. The molecule has 25 heavy (non-hydrogen) atoms. The molecular formula is C17H17F3O4S. The van der Waals surface area contributed by atoms with Gasteiger partial charge in [-0.15, -0.1) is 0 Å². The first-order chi connectivity index (χ1) is 11.6. The van der Waals surface area contributed by atoms with Gasteiger partial charge in [-0.25, -0.2) is 4.79 Å². The number of hydrogen-bond acceptors (Lipinski definition) is 5. The maximum Gasteiger partial charge on any atom is 0.446 e. The zero-order chi connectivity index (χ0) is 18.7. The van der Waals surface area contributed by atoms with E-state index >= 15 is 0 Å². The van der Waals surface area contributed by atoms with Crippen LogP contribution in [0.4, 0.5) is 13.2 Å². The van der Waals surface area contributed by atoms with Gasteiger partial charge in [-0.05, 0) is 48.7 Å². The van der Waals surface area contributed by atoms with Gasteiger partial charge in [-0.1, -0.05) is 18.7 Å². The Morgan fingerprint density at radius 3 is 2.28 bits per heavy atom. The molecule has 0 N–H and O–H groups in total. The molecule has 0 spiro atoms. The summed E-state index contributed by atoms with van der Waals surface area (Å²) in [6.07, 6.45) is 1.70. The van der Waals surface area contributed by atoms with Crippen molar-refractivity contribution in [2.24, 2.45) is 0 Å². The molecule has 0 aromatic heterocycles. The molecule has 0 saturated heterocycles. The number of alkyl halides is 3. The Balaban J connectivity index is 2.06. The highest BCUT2D eigenvalue weighted by Gasteiger charge is 2.43. The number of hydrogen-bond donors (Lipinski definition) is 0. The van der Waals surface area contributed by atoms with E-state index in [0.29, 0.717) is 18.4 Å². The highest BCUT2D eigenvalue weighted by molar-refractivity contribution is 8.00. The fourth-order valence-electron chi connectivity index (χ4n) is 2.55. The molecule has 1 fully saturated rings. The lowest BCUT2D eigenvalue weighted by Crippen LogP contribution is -2.39. The molecule has 4 nitrogen and oxygen atoms in total. The normalized spacial score (nSPS) is 15.8. The molecule has 0 atom stereocenters. The van der Waals surface area contributed by atoms with Gasteiger partial charge in [-0.2, -0.15) is 13.2 Å². The zero-order valence-electron chi connectivity index (χ0n) is 13.5. The number of carbonyl (C=O) groups is 2. The predicted molar refractivity (Wildman–Crippen MR) is 85.7 cm³/mol. The molecule has 0 bridgehead atoms. The quantitative estimate of drug-likeness (QED) is 0.421. The van der Waals surface area contributed by atoms with Crippen LogP contribution in [0.25, 0.3) is 0 Å². The van der Waals surface area contributed by atoms with E-state index in [1.165, 1.54) is 31.4 Å². The fraction of sp³-hybridized carbons (Fsp3) is 0.412. The van der Waals surface area contributed by atoms with Crippen molar-refractivity contribution in [3.05, 3.63) is 42.0 Å². The molecule has 1 saturated carbocycles. The highest BCUT2D eigenvalue weighted by Crippen LogP contribution is 2.46. The minimum absolute atomic E-state index is 0.0149. The molecule has 1 aliphatic carbocycles. The van der Waals surface area contributed by atoms with E-state index in [1.807, 2.05) is 0 Å². The van der Waals surface area contributed by atoms with Gasteiger partial charge in [-0.3, -0.25) is 4.79 Å². The van der Waals surface area contributed by atoms with E-state index in [2.05, 4.69) is 11.3 Å². The van der Waals surface area contributed by atoms with Crippen LogP contribution < -0.4 is 0 Å². The van der Waals surface area contributed by atoms with Gasteiger partial charge in [0.15, 0.2) is 0 Å². The van der Waals surface area contributed by atoms with E-state index in [4.69, 9.17) is 4.74 Å². The van der Waals surface area contributed by atoms with Gasteiger partial charge in [0.05, 0.1) is 13.5 Å². The second-order valence-electron chi connectivity index (χ2n) is 5.67. The number of rotatable bonds is 6. The van der Waals surface area contributed by atoms with Gasteiger partial charge in [0.25, 0.3) is 0 Å². The number of carbonyl (C=O) groups excluding carboxylic acids is 2. The lowest BCUT2D eigenvalue weighted by molar-refractivity contribution is -0.171. The molecule has 136 valence electrons. The van der Waals surface area contributed by atoms with Gasteiger partial charge in [0.2, 0.25) is 0 Å². The van der Waals surface area contributed by atoms with Crippen LogP contribution in [-0.2, 0) is 24.7 Å². The Labute approximate surface area is 147 Å². The summed E-state index contributed by atoms with van der Waals surface area (Å²) in [5, 5.41) is 0. The van der Waals surface area contributed by atoms with Crippen molar-refractivity contribution in [1.82, 2.24) is 0 Å². The van der Waals surface area contributed by atoms with Crippen LogP contribution >= 0.6 is 11.8 Å². The number of benzene rings is 1. The number of methoxy groups -OCH3 is 1. The zero-order valence-corrected chi connectivity index (χ0v) is 14.3. The summed E-state index contributed by atoms with van der Waals surface area (Å²) in [6, 6.07) is 5.79. The third kappa shape index (κ3) is 5.01. The van der Waals surface area contributed by atoms with Gasteiger partial charge < -0.3 is 9.47 Å². The smallest absolute Gasteiger partial charge is 0.446 e. The maximum absolute atomic E-state index is 12.4. The minimum atomic E-state index is -4.35. The molecule has 8 heteroatoms. The van der Waals surface area contributed by atoms with E-state index in [9.17, 15) is 22.8 Å². The predicted octanol–water partition coefficient (Wildman–Crippen LogP) is 4.34. The summed E-state index contributed by atoms with van der Waals surface area (Å²) < 4.78 is 47.2. The molecule has 1 aromatic carbocycles. The topological polar surface area (TPSA) is 52.6 Å². The van der Waals surface area contributed by atoms with Crippen LogP contribution in [0.1, 0.15) is 31.2 Å². The highest BCUT2D eigenvalue weighted by atomic mass is 32.2. The van der Waals surface area contributed by atoms with Crippen molar-refractivity contribution in [3.8, 4) is 0 Å². The van der Waals surface area contributed by atoms with Crippen molar-refractivity contribution >= 4 is 23.7 Å². The summed E-state index contributed by atoms with van der Waals surface area (Å²) in [5.74, 6) is -1.31. The molecule has 0 amide bonds. The van der Waals surface area contributed by atoms with E-state index < -0.39 is 23.0 Å². The average molecular weight is 374 g/mol. The van der Waals surface area contributed by atoms with Crippen LogP contribution in [0.2, 0.25) is 0 Å². The minimum Gasteiger partial charge on any atom is -0.466 e.